The number of fused-ring (bicyclic) bond motifs is 9. The molecule has 0 fully saturated rings. The quantitative estimate of drug-likeness (QED) is 0.0691. The number of aryl methyl sites for hydroxylation is 7. The van der Waals surface area contributed by atoms with Crippen LogP contribution >= 0.6 is 0 Å². The second-order valence-corrected chi connectivity index (χ2v) is 24.1. The molecule has 0 spiro atoms. The van der Waals surface area contributed by atoms with Crippen LogP contribution in [0.15, 0.2) is 141 Å². The van der Waals surface area contributed by atoms with Gasteiger partial charge in [0.05, 0.1) is 39.1 Å². The lowest BCUT2D eigenvalue weighted by atomic mass is 10.0. The first-order valence-corrected chi connectivity index (χ1v) is 32.0. The molecule has 106 heavy (non-hydrogen) atoms. The normalized spacial score (nSPS) is 11.3. The molecule has 1 aliphatic rings. The predicted molar refractivity (Wildman–Crippen MR) is 418 cm³/mol. The van der Waals surface area contributed by atoms with Crippen molar-refractivity contribution in [2.45, 2.75) is 56.4 Å². The van der Waals surface area contributed by atoms with E-state index in [9.17, 15) is 10.2 Å². The summed E-state index contributed by atoms with van der Waals surface area (Å²) in [7, 11) is 9.16. The third-order valence-electron chi connectivity index (χ3n) is 17.7. The van der Waals surface area contributed by atoms with Crippen LogP contribution in [0.1, 0.15) is 53.5 Å². The second-order valence-electron chi connectivity index (χ2n) is 24.1. The molecule has 0 saturated carbocycles. The third-order valence-corrected chi connectivity index (χ3v) is 17.7. The van der Waals surface area contributed by atoms with E-state index in [0.717, 1.165) is 147 Å². The molecule has 15 N–H and O–H groups in total. The molecule has 14 heterocycles. The Hall–Kier alpha value is -14.2. The number of aromatic hydroxyl groups is 2. The first-order chi connectivity index (χ1) is 49.4. The van der Waals surface area contributed by atoms with E-state index >= 15 is 0 Å². The number of hydrogen-bond donors (Lipinski definition) is 10. The second kappa shape index (κ2) is 29.4. The molecule has 0 aliphatic carbocycles. The number of H-pyrrole nitrogens is 3. The van der Waals surface area contributed by atoms with E-state index in [-0.39, 0.29) is 41.2 Å². The molecule has 0 amide bonds. The van der Waals surface area contributed by atoms with Gasteiger partial charge in [-0.25, -0.2) is 73.2 Å². The van der Waals surface area contributed by atoms with Gasteiger partial charge in [0.2, 0.25) is 0 Å². The minimum atomic E-state index is -0.216. The van der Waals surface area contributed by atoms with Gasteiger partial charge in [-0.3, -0.25) is 5.10 Å². The summed E-state index contributed by atoms with van der Waals surface area (Å²) in [6.45, 7) is 4.93. The molecule has 32 heteroatoms. The molecule has 5 aromatic carbocycles. The van der Waals surface area contributed by atoms with Gasteiger partial charge in [0.1, 0.15) is 94.9 Å². The van der Waals surface area contributed by atoms with Crippen molar-refractivity contribution in [3.63, 3.8) is 0 Å². The average Bonchev–Trinajstić information content (AvgIpc) is 1.64. The maximum absolute atomic E-state index is 9.56. The van der Waals surface area contributed by atoms with Gasteiger partial charge in [0.15, 0.2) is 39.7 Å². The lowest BCUT2D eigenvalue weighted by Crippen LogP contribution is -1.95. The van der Waals surface area contributed by atoms with Crippen molar-refractivity contribution < 1.29 is 14.9 Å². The highest BCUT2D eigenvalue weighted by molar-refractivity contribution is 6.04. The lowest BCUT2D eigenvalue weighted by molar-refractivity contribution is 0.357. The Morgan fingerprint density at radius 1 is 0.434 bits per heavy atom. The summed E-state index contributed by atoms with van der Waals surface area (Å²) in [5.41, 5.74) is 48.4. The number of phenols is 2. The molecule has 0 saturated heterocycles. The van der Waals surface area contributed by atoms with Gasteiger partial charge in [-0.05, 0) is 91.2 Å². The van der Waals surface area contributed by atoms with E-state index in [1.165, 1.54) is 60.3 Å². The van der Waals surface area contributed by atoms with E-state index in [2.05, 4.69) is 146 Å². The number of aromatic amines is 3. The number of ether oxygens (including phenoxy) is 1. The number of hydrogen-bond acceptors (Lipinski definition) is 24. The Bertz CT molecular complexity index is 6270. The molecule has 0 atom stereocenters. The number of nitrogens with zero attached hydrogens (tertiary/aromatic N) is 21. The largest absolute Gasteiger partial charge is 0.504 e. The minimum Gasteiger partial charge on any atom is -0.504 e. The van der Waals surface area contributed by atoms with Crippen LogP contribution in [0.3, 0.4) is 0 Å². The molecule has 18 aromatic rings. The minimum absolute atomic E-state index is 0. The van der Waals surface area contributed by atoms with Gasteiger partial charge >= 0.3 is 0 Å². The maximum Gasteiger partial charge on any atom is 0.163 e. The van der Waals surface area contributed by atoms with E-state index in [4.69, 9.17) is 33.4 Å². The monoisotopic (exact) mass is 1420 g/mol. The Morgan fingerprint density at radius 3 is 1.30 bits per heavy atom. The molecule has 0 radical (unpaired) electrons. The molecular weight excluding hydrogens is 1340 g/mol. The van der Waals surface area contributed by atoms with Gasteiger partial charge in [0.25, 0.3) is 0 Å². The first-order valence-electron chi connectivity index (χ1n) is 32.0. The predicted octanol–water partition coefficient (Wildman–Crippen LogP) is 11.7. The smallest absolute Gasteiger partial charge is 0.163 e. The average molecular weight is 1420 g/mol. The molecule has 19 rings (SSSR count). The van der Waals surface area contributed by atoms with Crippen LogP contribution in [-0.2, 0) is 48.1 Å². The highest BCUT2D eigenvalue weighted by Gasteiger charge is 2.23. The zero-order valence-electron chi connectivity index (χ0n) is 56.0. The highest BCUT2D eigenvalue weighted by atomic mass is 16.5. The van der Waals surface area contributed by atoms with E-state index in [1.54, 1.807) is 36.5 Å². The fraction of sp³-hybridized carbons (Fsp3) is 0.189. The summed E-state index contributed by atoms with van der Waals surface area (Å²) in [4.78, 5) is 47.8. The maximum atomic E-state index is 9.56. The molecular formula is C74H81N29O3. The number of aromatic nitrogens is 24. The van der Waals surface area contributed by atoms with Gasteiger partial charge in [-0.2, -0.15) is 30.6 Å². The Labute approximate surface area is 606 Å². The van der Waals surface area contributed by atoms with Crippen LogP contribution in [0.25, 0.3) is 144 Å². The van der Waals surface area contributed by atoms with Crippen LogP contribution in [0.4, 0.5) is 29.1 Å². The van der Waals surface area contributed by atoms with Crippen molar-refractivity contribution in [2.75, 3.05) is 35.3 Å². The van der Waals surface area contributed by atoms with Crippen molar-refractivity contribution in [2.24, 2.45) is 35.2 Å². The van der Waals surface area contributed by atoms with Gasteiger partial charge in [-0.15, -0.1) is 0 Å². The molecule has 32 nitrogen and oxygen atoms in total. The Morgan fingerprint density at radius 2 is 0.840 bits per heavy atom. The van der Waals surface area contributed by atoms with Crippen LogP contribution in [0, 0.1) is 6.92 Å². The molecule has 13 aromatic heterocycles. The number of nitrogens with two attached hydrogens (primary N) is 5. The lowest BCUT2D eigenvalue weighted by Gasteiger charge is -2.02. The third kappa shape index (κ3) is 13.1. The fourth-order valence-corrected chi connectivity index (χ4v) is 12.7. The van der Waals surface area contributed by atoms with Crippen molar-refractivity contribution >= 4 is 117 Å². The molecule has 0 unspecified atom stereocenters. The summed E-state index contributed by atoms with van der Waals surface area (Å²) in [6.07, 6.45) is 13.0. The van der Waals surface area contributed by atoms with E-state index in [1.807, 2.05) is 83.0 Å². The molecule has 1 aliphatic heterocycles. The van der Waals surface area contributed by atoms with Crippen molar-refractivity contribution in [3.05, 3.63) is 158 Å². The fourth-order valence-electron chi connectivity index (χ4n) is 12.7. The molecule has 540 valence electrons. The number of phenolic OH excluding ortho intramolecular Hbond substituents is 2. The highest BCUT2D eigenvalue weighted by Crippen LogP contribution is 2.39. The number of nitrogens with one attached hydrogen (secondary N) is 3. The van der Waals surface area contributed by atoms with E-state index in [0.29, 0.717) is 51.4 Å². The zero-order valence-corrected chi connectivity index (χ0v) is 56.0. The van der Waals surface area contributed by atoms with Crippen LogP contribution in [0.5, 0.6) is 17.2 Å². The summed E-state index contributed by atoms with van der Waals surface area (Å²) in [5.74, 6) is 2.66. The van der Waals surface area contributed by atoms with Crippen LogP contribution in [-0.4, -0.2) is 136 Å². The first kappa shape index (κ1) is 73.0. The number of benzene rings is 5. The van der Waals surface area contributed by atoms with Crippen LogP contribution in [0.2, 0.25) is 0 Å². The SMILES string of the molecule is C.C.C.C.CCc1[nH]nc2cc(-c3nn(C)c4ncnc(N)c34)ccc12.Cc1c[nH]c2cc(-c3nn(C)c4ncnc(N)c34)ccc12.Cn1nc(-c2ccc(O)c(O)c2)c2c(N)ncnc21.Cn1nc(-c2ccc3[nH]ccc3c2)c2c(N)ncnc21.Cn1nc(-c2ccc3c(c2)CCO3)c2c(N)ncnc21. The number of rotatable bonds is 6. The Kier molecular flexibility index (Phi) is 20.3. The summed E-state index contributed by atoms with van der Waals surface area (Å²) in [5, 5.41) is 56.1. The van der Waals surface area contributed by atoms with Crippen molar-refractivity contribution in [1.29, 1.82) is 0 Å². The Balaban J connectivity index is 0.000000131. The number of nitrogen functional groups attached to an aromatic ring is 5. The van der Waals surface area contributed by atoms with Crippen molar-refractivity contribution in [3.8, 4) is 73.5 Å². The molecule has 0 bridgehead atoms. The van der Waals surface area contributed by atoms with Gasteiger partial charge < -0.3 is 53.6 Å². The van der Waals surface area contributed by atoms with Crippen molar-refractivity contribution in [1.82, 2.24) is 119 Å². The topological polar surface area (TPSA) is 458 Å². The van der Waals surface area contributed by atoms with E-state index < -0.39 is 0 Å². The van der Waals surface area contributed by atoms with Crippen LogP contribution < -0.4 is 33.4 Å². The van der Waals surface area contributed by atoms with Gasteiger partial charge in [0, 0.05) is 115 Å². The summed E-state index contributed by atoms with van der Waals surface area (Å²) in [6, 6.07) is 31.1. The zero-order chi connectivity index (χ0) is 70.8. The van der Waals surface area contributed by atoms with Gasteiger partial charge in [-0.1, -0.05) is 67.0 Å². The summed E-state index contributed by atoms with van der Waals surface area (Å²) < 4.78 is 14.0. The number of anilines is 5. The summed E-state index contributed by atoms with van der Waals surface area (Å²) >= 11 is 0. The standard InChI is InChI=1S/C15H15N7.C15H14N6.C14H12N6.C14H13N5O.C12H11N5O2.4CH4/c1-3-10-9-5-4-8(6-11(9)20-19-10)13-12-14(16)17-7-18-15(12)22(2)21-13;1-8-6-17-11-5-9(3-4-10(8)11)13-12-14(16)18-7-19-15(12)21(2)20-13;1-20-14-11(13(15)17-7-18-14)12(19-20)9-2-3-10-8(6-9)4-5-16-10;1-19-14-11(13(15)16-7-17-14)12(18-19)9-2-3-10-8(6-9)4-5-20-10;1-17-12-9(11(13)14-5-15-12)10(16-17)6-2-3-7(18)8(19)4-6;;;;/h4-7H,3H2,1-2H3,(H,19,20)(H2,16,17,18);3-7,17H,1-2H3,(H2,16,18,19);2-7,16H,1H3,(H2,15,17,18);2-3,6-7H,4-5H2,1H3,(H2,15,16,17);2-5,18-19H,1H3,(H2,13,14,15);4*1H4.